The summed E-state index contributed by atoms with van der Waals surface area (Å²) in [4.78, 5) is 39.7. The summed E-state index contributed by atoms with van der Waals surface area (Å²) < 4.78 is 5.86. The van der Waals surface area contributed by atoms with Gasteiger partial charge in [0.05, 0.1) is 11.1 Å². The lowest BCUT2D eigenvalue weighted by atomic mass is 9.84. The lowest BCUT2D eigenvalue weighted by molar-refractivity contribution is -0.121. The Morgan fingerprint density at radius 2 is 1.47 bits per heavy atom. The van der Waals surface area contributed by atoms with Gasteiger partial charge in [0, 0.05) is 17.6 Å². The maximum atomic E-state index is 12.8. The minimum atomic E-state index is -0.221. The van der Waals surface area contributed by atoms with Crippen LogP contribution in [0.2, 0.25) is 0 Å². The highest BCUT2D eigenvalue weighted by molar-refractivity contribution is 6.21. The van der Waals surface area contributed by atoms with Crippen LogP contribution in [0, 0.1) is 12.8 Å². The molecule has 2 aliphatic rings. The molecule has 34 heavy (non-hydrogen) atoms. The molecule has 0 spiro atoms. The lowest BCUT2D eigenvalue weighted by Crippen LogP contribution is -2.43. The van der Waals surface area contributed by atoms with E-state index < -0.39 is 0 Å². The number of imide groups is 1. The molecule has 0 aromatic heterocycles. The second kappa shape index (κ2) is 9.14. The molecule has 0 bridgehead atoms. The Bertz CT molecular complexity index is 1210. The lowest BCUT2D eigenvalue weighted by Gasteiger charge is -2.32. The molecule has 172 valence electrons. The third kappa shape index (κ3) is 4.31. The van der Waals surface area contributed by atoms with Crippen molar-refractivity contribution in [3.8, 4) is 11.5 Å². The fraction of sp³-hybridized carbons (Fsp3) is 0.250. The first-order valence-corrected chi connectivity index (χ1v) is 11.6. The number of nitrogens with zero attached hydrogens (tertiary/aromatic N) is 1. The number of carbonyl (C=O) groups excluding carboxylic acids is 3. The molecule has 0 atom stereocenters. The molecule has 1 N–H and O–H groups in total. The number of nitrogens with one attached hydrogen (secondary N) is 1. The normalized spacial score (nSPS) is 19.6. The fourth-order valence-corrected chi connectivity index (χ4v) is 4.80. The number of aryl methyl sites for hydroxylation is 1. The Kier molecular flexibility index (Phi) is 5.88. The van der Waals surface area contributed by atoms with Crippen molar-refractivity contribution in [3.05, 3.63) is 89.5 Å². The number of ether oxygens (including phenoxy) is 1. The molecule has 1 aliphatic heterocycles. The minimum absolute atomic E-state index is 0.0341. The molecule has 5 rings (SSSR count). The van der Waals surface area contributed by atoms with Crippen LogP contribution in [0.4, 0.5) is 5.69 Å². The van der Waals surface area contributed by atoms with Crippen molar-refractivity contribution in [2.45, 2.75) is 38.6 Å². The highest BCUT2D eigenvalue weighted by Crippen LogP contribution is 2.34. The van der Waals surface area contributed by atoms with Crippen LogP contribution in [-0.4, -0.2) is 28.7 Å². The number of amides is 3. The van der Waals surface area contributed by atoms with E-state index in [2.05, 4.69) is 5.32 Å². The zero-order chi connectivity index (χ0) is 23.7. The van der Waals surface area contributed by atoms with Crippen LogP contribution in [0.3, 0.4) is 0 Å². The molecule has 0 saturated heterocycles. The standard InChI is InChI=1S/C28H26N2O4/c1-18-5-4-6-23(17-18)34-22-15-11-20(12-16-22)29-26(31)19-9-13-21(14-10-19)30-27(32)24-7-2-3-8-25(24)28(30)33/h2-8,11-12,15-17,19,21H,9-10,13-14H2,1H3,(H,29,31). The average Bonchev–Trinajstić information content (AvgIpc) is 3.10. The molecule has 0 radical (unpaired) electrons. The van der Waals surface area contributed by atoms with Crippen LogP contribution in [0.15, 0.2) is 72.8 Å². The van der Waals surface area contributed by atoms with Gasteiger partial charge in [-0.15, -0.1) is 0 Å². The van der Waals surface area contributed by atoms with Crippen molar-refractivity contribution in [2.24, 2.45) is 5.92 Å². The first-order chi connectivity index (χ1) is 16.5. The summed E-state index contributed by atoms with van der Waals surface area (Å²) in [5.74, 6) is 0.849. The van der Waals surface area contributed by atoms with Gasteiger partial charge in [0.25, 0.3) is 11.8 Å². The van der Waals surface area contributed by atoms with Crippen molar-refractivity contribution in [3.63, 3.8) is 0 Å². The van der Waals surface area contributed by atoms with Crippen LogP contribution in [0.1, 0.15) is 52.0 Å². The number of carbonyl (C=O) groups is 3. The van der Waals surface area contributed by atoms with Gasteiger partial charge in [-0.05, 0) is 86.7 Å². The Hall–Kier alpha value is -3.93. The third-order valence-corrected chi connectivity index (χ3v) is 6.61. The second-order valence-corrected chi connectivity index (χ2v) is 8.96. The van der Waals surface area contributed by atoms with E-state index in [1.807, 2.05) is 55.5 Å². The number of benzene rings is 3. The van der Waals surface area contributed by atoms with Gasteiger partial charge < -0.3 is 10.1 Å². The molecule has 1 fully saturated rings. The Morgan fingerprint density at radius 3 is 2.09 bits per heavy atom. The first-order valence-electron chi connectivity index (χ1n) is 11.6. The van der Waals surface area contributed by atoms with Gasteiger partial charge in [-0.1, -0.05) is 24.3 Å². The van der Waals surface area contributed by atoms with Gasteiger partial charge in [0.2, 0.25) is 5.91 Å². The van der Waals surface area contributed by atoms with E-state index in [0.29, 0.717) is 48.2 Å². The van der Waals surface area contributed by atoms with E-state index in [-0.39, 0.29) is 29.7 Å². The maximum Gasteiger partial charge on any atom is 0.261 e. The molecular formula is C28H26N2O4. The second-order valence-electron chi connectivity index (χ2n) is 8.96. The number of hydrogen-bond acceptors (Lipinski definition) is 4. The van der Waals surface area contributed by atoms with Gasteiger partial charge >= 0.3 is 0 Å². The van der Waals surface area contributed by atoms with Crippen LogP contribution in [0.25, 0.3) is 0 Å². The SMILES string of the molecule is Cc1cccc(Oc2ccc(NC(=O)C3CCC(N4C(=O)c5ccccc5C4=O)CC3)cc2)c1. The van der Waals surface area contributed by atoms with Gasteiger partial charge in [-0.2, -0.15) is 0 Å². The highest BCUT2D eigenvalue weighted by Gasteiger charge is 2.41. The Morgan fingerprint density at radius 1 is 0.824 bits per heavy atom. The summed E-state index contributed by atoms with van der Waals surface area (Å²) in [7, 11) is 0. The van der Waals surface area contributed by atoms with E-state index >= 15 is 0 Å². The van der Waals surface area contributed by atoms with Crippen LogP contribution >= 0.6 is 0 Å². The molecule has 3 aromatic carbocycles. The predicted molar refractivity (Wildman–Crippen MR) is 129 cm³/mol. The van der Waals surface area contributed by atoms with Gasteiger partial charge in [0.1, 0.15) is 11.5 Å². The predicted octanol–water partition coefficient (Wildman–Crippen LogP) is 5.58. The van der Waals surface area contributed by atoms with Gasteiger partial charge in [-0.25, -0.2) is 0 Å². The van der Waals surface area contributed by atoms with Crippen molar-refractivity contribution in [1.82, 2.24) is 4.90 Å². The van der Waals surface area contributed by atoms with Gasteiger partial charge in [0.15, 0.2) is 0 Å². The summed E-state index contributed by atoms with van der Waals surface area (Å²) in [6, 6.07) is 21.9. The summed E-state index contributed by atoms with van der Waals surface area (Å²) in [6.07, 6.45) is 2.54. The van der Waals surface area contributed by atoms with E-state index in [1.165, 1.54) is 4.90 Å². The van der Waals surface area contributed by atoms with E-state index in [4.69, 9.17) is 4.74 Å². The van der Waals surface area contributed by atoms with Crippen molar-refractivity contribution >= 4 is 23.4 Å². The highest BCUT2D eigenvalue weighted by atomic mass is 16.5. The topological polar surface area (TPSA) is 75.7 Å². The summed E-state index contributed by atoms with van der Waals surface area (Å²) >= 11 is 0. The minimum Gasteiger partial charge on any atom is -0.457 e. The summed E-state index contributed by atoms with van der Waals surface area (Å²) in [5, 5.41) is 2.99. The van der Waals surface area contributed by atoms with Crippen molar-refractivity contribution in [2.75, 3.05) is 5.32 Å². The van der Waals surface area contributed by atoms with Crippen LogP contribution in [0.5, 0.6) is 11.5 Å². The molecule has 0 unspecified atom stereocenters. The summed E-state index contributed by atoms with van der Waals surface area (Å²) in [5.41, 5.74) is 2.78. The number of anilines is 1. The smallest absolute Gasteiger partial charge is 0.261 e. The zero-order valence-corrected chi connectivity index (χ0v) is 19.0. The van der Waals surface area contributed by atoms with Crippen molar-refractivity contribution in [1.29, 1.82) is 0 Å². The fourth-order valence-electron chi connectivity index (χ4n) is 4.80. The number of fused-ring (bicyclic) bond motifs is 1. The largest absolute Gasteiger partial charge is 0.457 e. The van der Waals surface area contributed by atoms with Crippen LogP contribution < -0.4 is 10.1 Å². The average molecular weight is 455 g/mol. The quantitative estimate of drug-likeness (QED) is 0.511. The first kappa shape index (κ1) is 21.9. The molecule has 1 heterocycles. The zero-order valence-electron chi connectivity index (χ0n) is 19.0. The molecule has 3 amide bonds. The molecule has 3 aromatic rings. The van der Waals surface area contributed by atoms with Gasteiger partial charge in [-0.3, -0.25) is 19.3 Å². The van der Waals surface area contributed by atoms with E-state index in [9.17, 15) is 14.4 Å². The third-order valence-electron chi connectivity index (χ3n) is 6.61. The Labute approximate surface area is 198 Å². The monoisotopic (exact) mass is 454 g/mol. The maximum absolute atomic E-state index is 12.8. The molecule has 6 heteroatoms. The number of hydrogen-bond donors (Lipinski definition) is 1. The molecule has 1 saturated carbocycles. The van der Waals surface area contributed by atoms with E-state index in [0.717, 1.165) is 11.3 Å². The molecular weight excluding hydrogens is 428 g/mol. The molecule has 1 aliphatic carbocycles. The van der Waals surface area contributed by atoms with Crippen LogP contribution in [-0.2, 0) is 4.79 Å². The number of rotatable bonds is 5. The van der Waals surface area contributed by atoms with E-state index in [1.54, 1.807) is 24.3 Å². The van der Waals surface area contributed by atoms with Crippen molar-refractivity contribution < 1.29 is 19.1 Å². The molecule has 6 nitrogen and oxygen atoms in total. The summed E-state index contributed by atoms with van der Waals surface area (Å²) in [6.45, 7) is 2.01. The Balaban J connectivity index is 1.15.